The zero-order chi connectivity index (χ0) is 15.6. The van der Waals surface area contributed by atoms with Crippen molar-refractivity contribution in [3.05, 3.63) is 62.2 Å². The Balaban J connectivity index is 2.63. The van der Waals surface area contributed by atoms with Crippen LogP contribution in [-0.2, 0) is 6.42 Å². The number of benzene rings is 2. The highest BCUT2D eigenvalue weighted by atomic mass is 16.6. The maximum atomic E-state index is 11.1. The number of non-ortho nitro benzene ring substituents is 1. The molecule has 0 aliphatic carbocycles. The number of nitro groups is 2. The minimum Gasteiger partial charge on any atom is -0.508 e. The van der Waals surface area contributed by atoms with Crippen LogP contribution in [0.15, 0.2) is 36.4 Å². The Bertz CT molecular complexity index is 727. The van der Waals surface area contributed by atoms with Crippen LogP contribution in [0, 0.1) is 20.2 Å². The average molecular weight is 288 g/mol. The maximum absolute atomic E-state index is 11.1. The molecule has 0 aromatic heterocycles. The van der Waals surface area contributed by atoms with Crippen molar-refractivity contribution in [3.8, 4) is 16.9 Å². The molecule has 0 spiro atoms. The van der Waals surface area contributed by atoms with Gasteiger partial charge in [0.25, 0.3) is 11.4 Å². The molecule has 1 N–H and O–H groups in total. The van der Waals surface area contributed by atoms with Gasteiger partial charge in [-0.15, -0.1) is 0 Å². The molecule has 0 fully saturated rings. The molecule has 7 heteroatoms. The fourth-order valence-corrected chi connectivity index (χ4v) is 2.06. The fraction of sp³-hybridized carbons (Fsp3) is 0.143. The Morgan fingerprint density at radius 2 is 1.76 bits per heavy atom. The molecule has 0 aliphatic heterocycles. The van der Waals surface area contributed by atoms with Crippen LogP contribution in [0.3, 0.4) is 0 Å². The van der Waals surface area contributed by atoms with Crippen molar-refractivity contribution >= 4 is 11.4 Å². The molecule has 0 atom stereocenters. The highest BCUT2D eigenvalue weighted by molar-refractivity contribution is 5.76. The van der Waals surface area contributed by atoms with Gasteiger partial charge in [0.1, 0.15) is 5.75 Å². The topological polar surface area (TPSA) is 107 Å². The summed E-state index contributed by atoms with van der Waals surface area (Å²) in [6, 6.07) is 8.15. The van der Waals surface area contributed by atoms with Gasteiger partial charge in [-0.3, -0.25) is 20.2 Å². The maximum Gasteiger partial charge on any atom is 0.284 e. The second-order valence-electron chi connectivity index (χ2n) is 4.41. The third kappa shape index (κ3) is 2.81. The van der Waals surface area contributed by atoms with Crippen LogP contribution in [0.4, 0.5) is 11.4 Å². The Hall–Kier alpha value is -2.96. The van der Waals surface area contributed by atoms with E-state index in [1.54, 1.807) is 12.1 Å². The van der Waals surface area contributed by atoms with Gasteiger partial charge in [0.05, 0.1) is 21.5 Å². The van der Waals surface area contributed by atoms with E-state index in [0.29, 0.717) is 17.5 Å². The summed E-state index contributed by atoms with van der Waals surface area (Å²) in [5, 5.41) is 31.5. The largest absolute Gasteiger partial charge is 0.508 e. The van der Waals surface area contributed by atoms with E-state index in [1.807, 2.05) is 6.92 Å². The summed E-state index contributed by atoms with van der Waals surface area (Å²) in [6.45, 7) is 1.85. The van der Waals surface area contributed by atoms with Crippen molar-refractivity contribution in [3.63, 3.8) is 0 Å². The molecular weight excluding hydrogens is 276 g/mol. The summed E-state index contributed by atoms with van der Waals surface area (Å²) in [6.07, 6.45) is 0.570. The number of aryl methyl sites for hydroxylation is 1. The van der Waals surface area contributed by atoms with Gasteiger partial charge in [0.2, 0.25) is 0 Å². The summed E-state index contributed by atoms with van der Waals surface area (Å²) in [4.78, 5) is 20.5. The van der Waals surface area contributed by atoms with Crippen molar-refractivity contribution in [2.45, 2.75) is 13.3 Å². The summed E-state index contributed by atoms with van der Waals surface area (Å²) in [5.74, 6) is 0.116. The smallest absolute Gasteiger partial charge is 0.284 e. The van der Waals surface area contributed by atoms with E-state index in [2.05, 4.69) is 0 Å². The molecule has 2 rings (SSSR count). The molecule has 0 heterocycles. The molecule has 0 bridgehead atoms. The number of aromatic hydroxyl groups is 1. The molecule has 0 saturated heterocycles. The average Bonchev–Trinajstić information content (AvgIpc) is 2.47. The lowest BCUT2D eigenvalue weighted by molar-refractivity contribution is -0.393. The Morgan fingerprint density at radius 1 is 1.05 bits per heavy atom. The fourth-order valence-electron chi connectivity index (χ4n) is 2.06. The first-order chi connectivity index (χ1) is 9.93. The van der Waals surface area contributed by atoms with Crippen LogP contribution in [-0.4, -0.2) is 15.0 Å². The Morgan fingerprint density at radius 3 is 2.33 bits per heavy atom. The third-order valence-corrected chi connectivity index (χ3v) is 3.16. The number of nitro benzene ring substituents is 2. The first-order valence-corrected chi connectivity index (χ1v) is 6.19. The lowest BCUT2D eigenvalue weighted by Gasteiger charge is -2.07. The van der Waals surface area contributed by atoms with Gasteiger partial charge in [-0.2, -0.15) is 0 Å². The summed E-state index contributed by atoms with van der Waals surface area (Å²) in [5.41, 5.74) is 0.795. The van der Waals surface area contributed by atoms with Gasteiger partial charge in [0, 0.05) is 6.07 Å². The summed E-state index contributed by atoms with van der Waals surface area (Å²) < 4.78 is 0. The van der Waals surface area contributed by atoms with Gasteiger partial charge in [0.15, 0.2) is 0 Å². The summed E-state index contributed by atoms with van der Waals surface area (Å²) in [7, 11) is 0. The van der Waals surface area contributed by atoms with Crippen molar-refractivity contribution in [1.82, 2.24) is 0 Å². The zero-order valence-electron chi connectivity index (χ0n) is 11.1. The van der Waals surface area contributed by atoms with Gasteiger partial charge < -0.3 is 5.11 Å². The molecular formula is C14H12N2O5. The zero-order valence-corrected chi connectivity index (χ0v) is 11.1. The normalized spacial score (nSPS) is 10.3. The van der Waals surface area contributed by atoms with Crippen LogP contribution in [0.1, 0.15) is 12.5 Å². The van der Waals surface area contributed by atoms with E-state index in [4.69, 9.17) is 0 Å². The van der Waals surface area contributed by atoms with Crippen LogP contribution < -0.4 is 0 Å². The van der Waals surface area contributed by atoms with E-state index >= 15 is 0 Å². The van der Waals surface area contributed by atoms with Crippen molar-refractivity contribution in [1.29, 1.82) is 0 Å². The van der Waals surface area contributed by atoms with Gasteiger partial charge in [-0.1, -0.05) is 13.0 Å². The lowest BCUT2D eigenvalue weighted by atomic mass is 9.99. The van der Waals surface area contributed by atoms with Crippen LogP contribution in [0.2, 0.25) is 0 Å². The second-order valence-corrected chi connectivity index (χ2v) is 4.41. The minimum atomic E-state index is -0.676. The molecule has 7 nitrogen and oxygen atoms in total. The number of rotatable bonds is 4. The number of hydrogen-bond donors (Lipinski definition) is 1. The highest BCUT2D eigenvalue weighted by Crippen LogP contribution is 2.35. The van der Waals surface area contributed by atoms with Crippen molar-refractivity contribution in [2.75, 3.05) is 0 Å². The van der Waals surface area contributed by atoms with Gasteiger partial charge in [-0.05, 0) is 35.7 Å². The van der Waals surface area contributed by atoms with E-state index < -0.39 is 9.85 Å². The molecule has 21 heavy (non-hydrogen) atoms. The van der Waals surface area contributed by atoms with Gasteiger partial charge >= 0.3 is 0 Å². The van der Waals surface area contributed by atoms with Crippen LogP contribution in [0.5, 0.6) is 5.75 Å². The Labute approximate surface area is 119 Å². The molecule has 0 saturated carbocycles. The van der Waals surface area contributed by atoms with E-state index in [0.717, 1.165) is 6.07 Å². The second kappa shape index (κ2) is 5.58. The first-order valence-electron chi connectivity index (χ1n) is 6.19. The summed E-state index contributed by atoms with van der Waals surface area (Å²) >= 11 is 0. The highest BCUT2D eigenvalue weighted by Gasteiger charge is 2.20. The van der Waals surface area contributed by atoms with Crippen molar-refractivity contribution in [2.24, 2.45) is 0 Å². The SMILES string of the molecule is CCc1cc(-c2ccc([N+](=O)[O-])cc2[N+](=O)[O-])ccc1O. The predicted octanol–water partition coefficient (Wildman–Crippen LogP) is 3.44. The number of phenolic OH excluding ortho intramolecular Hbond substituents is 1. The molecule has 2 aromatic carbocycles. The van der Waals surface area contributed by atoms with Gasteiger partial charge in [-0.25, -0.2) is 0 Å². The van der Waals surface area contributed by atoms with Crippen LogP contribution in [0.25, 0.3) is 11.1 Å². The third-order valence-electron chi connectivity index (χ3n) is 3.16. The van der Waals surface area contributed by atoms with E-state index in [9.17, 15) is 25.3 Å². The molecule has 0 unspecified atom stereocenters. The molecule has 0 aliphatic rings. The molecule has 0 radical (unpaired) electrons. The number of hydrogen-bond acceptors (Lipinski definition) is 5. The van der Waals surface area contributed by atoms with E-state index in [-0.39, 0.29) is 22.7 Å². The van der Waals surface area contributed by atoms with Crippen molar-refractivity contribution < 1.29 is 15.0 Å². The monoisotopic (exact) mass is 288 g/mol. The van der Waals surface area contributed by atoms with E-state index in [1.165, 1.54) is 18.2 Å². The predicted molar refractivity (Wildman–Crippen MR) is 76.2 cm³/mol. The van der Waals surface area contributed by atoms with Crippen LogP contribution >= 0.6 is 0 Å². The minimum absolute atomic E-state index is 0.116. The standard InChI is InChI=1S/C14H12N2O5/c1-2-9-7-10(3-6-14(9)17)12-5-4-11(15(18)19)8-13(12)16(20)21/h3-8,17H,2H2,1H3. The first kappa shape index (κ1) is 14.4. The molecule has 0 amide bonds. The molecule has 2 aromatic rings. The molecule has 108 valence electrons. The number of nitrogens with zero attached hydrogens (tertiary/aromatic N) is 2. The number of phenols is 1. The lowest BCUT2D eigenvalue weighted by Crippen LogP contribution is -1.95. The quantitative estimate of drug-likeness (QED) is 0.685. The Kier molecular flexibility index (Phi) is 3.84.